The molecule has 5 nitrogen and oxygen atoms in total. The molecular weight excluding hydrogens is 346 g/mol. The molecule has 0 spiro atoms. The maximum absolute atomic E-state index is 6.16. The predicted octanol–water partition coefficient (Wildman–Crippen LogP) is 4.24. The van der Waals surface area contributed by atoms with Gasteiger partial charge >= 0.3 is 0 Å². The van der Waals surface area contributed by atoms with Gasteiger partial charge in [-0.3, -0.25) is 0 Å². The van der Waals surface area contributed by atoms with Crippen LogP contribution in [0.15, 0.2) is 30.3 Å². The molecule has 2 aliphatic rings. The third-order valence-electron chi connectivity index (χ3n) is 6.80. The van der Waals surface area contributed by atoms with Crippen LogP contribution in [0.5, 0.6) is 0 Å². The highest BCUT2D eigenvalue weighted by Crippen LogP contribution is 2.40. The Bertz CT molecular complexity index is 783. The minimum absolute atomic E-state index is 0.302. The molecule has 0 amide bonds. The Kier molecular flexibility index (Phi) is 5.81. The number of rotatable bonds is 6. The Hall–Kier alpha value is -2.14. The summed E-state index contributed by atoms with van der Waals surface area (Å²) in [5, 5.41) is 3.61. The van der Waals surface area contributed by atoms with Crippen molar-refractivity contribution in [1.29, 1.82) is 0 Å². The van der Waals surface area contributed by atoms with Gasteiger partial charge in [0.2, 0.25) is 5.95 Å². The number of nitrogens with two attached hydrogens (primary N) is 2. The largest absolute Gasteiger partial charge is 0.370 e. The third-order valence-corrected chi connectivity index (χ3v) is 6.80. The van der Waals surface area contributed by atoms with E-state index in [9.17, 15) is 0 Å². The molecule has 1 fully saturated rings. The molecule has 1 atom stereocenters. The molecule has 4 rings (SSSR count). The second-order valence-electron chi connectivity index (χ2n) is 8.59. The summed E-state index contributed by atoms with van der Waals surface area (Å²) in [5.74, 6) is 1.62. The Balaban J connectivity index is 1.53. The van der Waals surface area contributed by atoms with E-state index in [4.69, 9.17) is 11.5 Å². The summed E-state index contributed by atoms with van der Waals surface area (Å²) in [6.45, 7) is 1.69. The number of anilines is 2. The quantitative estimate of drug-likeness (QED) is 0.698. The first-order chi connectivity index (χ1) is 13.7. The first-order valence-corrected chi connectivity index (χ1v) is 10.9. The number of nitrogens with one attached hydrogen (secondary N) is 1. The predicted molar refractivity (Wildman–Crippen MR) is 115 cm³/mol. The van der Waals surface area contributed by atoms with E-state index >= 15 is 0 Å². The molecule has 1 heterocycles. The zero-order valence-corrected chi connectivity index (χ0v) is 16.8. The molecule has 0 radical (unpaired) electrons. The van der Waals surface area contributed by atoms with Crippen molar-refractivity contribution in [2.24, 2.45) is 11.1 Å². The van der Waals surface area contributed by atoms with E-state index < -0.39 is 0 Å². The van der Waals surface area contributed by atoms with Crippen LogP contribution in [0.25, 0.3) is 0 Å². The van der Waals surface area contributed by atoms with Crippen LogP contribution in [0.1, 0.15) is 74.1 Å². The van der Waals surface area contributed by atoms with Crippen LogP contribution in [0, 0.1) is 5.41 Å². The number of benzene rings is 1. The van der Waals surface area contributed by atoms with Crippen LogP contribution >= 0.6 is 0 Å². The lowest BCUT2D eigenvalue weighted by Crippen LogP contribution is -2.34. The Morgan fingerprint density at radius 1 is 1.04 bits per heavy atom. The Labute approximate surface area is 168 Å². The topological polar surface area (TPSA) is 89.8 Å². The molecule has 2 aromatic rings. The lowest BCUT2D eigenvalue weighted by molar-refractivity contribution is 0.188. The molecule has 0 saturated heterocycles. The Morgan fingerprint density at radius 2 is 1.82 bits per heavy atom. The smallest absolute Gasteiger partial charge is 0.222 e. The molecule has 2 aliphatic carbocycles. The maximum atomic E-state index is 6.16. The highest BCUT2D eigenvalue weighted by molar-refractivity contribution is 5.53. The molecule has 28 heavy (non-hydrogen) atoms. The summed E-state index contributed by atoms with van der Waals surface area (Å²) in [4.78, 5) is 9.24. The van der Waals surface area contributed by atoms with Crippen molar-refractivity contribution in [2.75, 3.05) is 24.1 Å². The van der Waals surface area contributed by atoms with E-state index in [0.29, 0.717) is 17.3 Å². The molecule has 150 valence electrons. The summed E-state index contributed by atoms with van der Waals surface area (Å²) < 4.78 is 0. The van der Waals surface area contributed by atoms with Gasteiger partial charge in [-0.1, -0.05) is 49.6 Å². The van der Waals surface area contributed by atoms with E-state index in [1.165, 1.54) is 43.2 Å². The van der Waals surface area contributed by atoms with Crippen LogP contribution < -0.4 is 16.8 Å². The number of aromatic nitrogens is 2. The number of nitrogen functional groups attached to an aromatic ring is 1. The van der Waals surface area contributed by atoms with Crippen molar-refractivity contribution in [2.45, 2.75) is 63.7 Å². The van der Waals surface area contributed by atoms with Crippen molar-refractivity contribution >= 4 is 11.8 Å². The summed E-state index contributed by atoms with van der Waals surface area (Å²) >= 11 is 0. The van der Waals surface area contributed by atoms with E-state index in [1.54, 1.807) is 0 Å². The van der Waals surface area contributed by atoms with E-state index in [0.717, 1.165) is 50.3 Å². The maximum Gasteiger partial charge on any atom is 0.222 e. The molecule has 0 aliphatic heterocycles. The van der Waals surface area contributed by atoms with Crippen LogP contribution in [0.3, 0.4) is 0 Å². The standard InChI is InChI=1S/C23H33N5/c24-16-23(12-5-2-6-13-23)14-15-26-21-19-11-7-10-18(17-8-3-1-4-9-17)20(19)27-22(25)28-21/h1,3-4,8-9,18H,2,5-7,10-16,24H2,(H3,25,26,27,28). The van der Waals surface area contributed by atoms with E-state index in [-0.39, 0.29) is 0 Å². The van der Waals surface area contributed by atoms with E-state index in [2.05, 4.69) is 45.6 Å². The SMILES string of the molecule is NCC1(CCNc2nc(N)nc3c2CCCC3c2ccccc2)CCCCC1. The average molecular weight is 380 g/mol. The second-order valence-corrected chi connectivity index (χ2v) is 8.59. The molecule has 1 aromatic carbocycles. The molecular formula is C23H33N5. The highest BCUT2D eigenvalue weighted by Gasteiger charge is 2.31. The van der Waals surface area contributed by atoms with Crippen molar-refractivity contribution in [3.8, 4) is 0 Å². The first kappa shape index (κ1) is 19.2. The molecule has 1 aromatic heterocycles. The van der Waals surface area contributed by atoms with Gasteiger partial charge in [0.25, 0.3) is 0 Å². The van der Waals surface area contributed by atoms with Crippen molar-refractivity contribution in [3.05, 3.63) is 47.2 Å². The van der Waals surface area contributed by atoms with Gasteiger partial charge in [-0.05, 0) is 56.0 Å². The molecule has 1 unspecified atom stereocenters. The first-order valence-electron chi connectivity index (χ1n) is 10.9. The van der Waals surface area contributed by atoms with Crippen LogP contribution in [-0.4, -0.2) is 23.1 Å². The van der Waals surface area contributed by atoms with E-state index in [1.807, 2.05) is 0 Å². The molecule has 5 N–H and O–H groups in total. The fraction of sp³-hybridized carbons (Fsp3) is 0.565. The van der Waals surface area contributed by atoms with Crippen LogP contribution in [0.4, 0.5) is 11.8 Å². The minimum atomic E-state index is 0.302. The summed E-state index contributed by atoms with van der Waals surface area (Å²) in [6.07, 6.45) is 10.9. The van der Waals surface area contributed by atoms with Crippen molar-refractivity contribution < 1.29 is 0 Å². The van der Waals surface area contributed by atoms with Crippen molar-refractivity contribution in [3.63, 3.8) is 0 Å². The zero-order chi connectivity index (χ0) is 19.4. The summed E-state index contributed by atoms with van der Waals surface area (Å²) in [6, 6.07) is 10.7. The average Bonchev–Trinajstić information content (AvgIpc) is 2.74. The zero-order valence-electron chi connectivity index (χ0n) is 16.8. The third kappa shape index (κ3) is 4.00. The second kappa shape index (κ2) is 8.48. The lowest BCUT2D eigenvalue weighted by atomic mass is 9.72. The molecule has 1 saturated carbocycles. The van der Waals surface area contributed by atoms with Gasteiger partial charge in [-0.25, -0.2) is 4.98 Å². The minimum Gasteiger partial charge on any atom is -0.370 e. The fourth-order valence-corrected chi connectivity index (χ4v) is 5.13. The normalized spacial score (nSPS) is 21.1. The van der Waals surface area contributed by atoms with Crippen molar-refractivity contribution in [1.82, 2.24) is 9.97 Å². The van der Waals surface area contributed by atoms with Gasteiger partial charge in [0.05, 0.1) is 5.69 Å². The van der Waals surface area contributed by atoms with Gasteiger partial charge in [-0.15, -0.1) is 0 Å². The van der Waals surface area contributed by atoms with Gasteiger partial charge in [0.1, 0.15) is 5.82 Å². The number of hydrogen-bond donors (Lipinski definition) is 3. The van der Waals surface area contributed by atoms with Gasteiger partial charge in [0.15, 0.2) is 0 Å². The Morgan fingerprint density at radius 3 is 2.57 bits per heavy atom. The monoisotopic (exact) mass is 379 g/mol. The van der Waals surface area contributed by atoms with Gasteiger partial charge in [-0.2, -0.15) is 4.98 Å². The summed E-state index contributed by atoms with van der Waals surface area (Å²) in [5.41, 5.74) is 16.2. The van der Waals surface area contributed by atoms with Gasteiger partial charge in [0, 0.05) is 18.0 Å². The number of hydrogen-bond acceptors (Lipinski definition) is 5. The highest BCUT2D eigenvalue weighted by atomic mass is 15.1. The fourth-order valence-electron chi connectivity index (χ4n) is 5.13. The molecule has 5 heteroatoms. The number of nitrogens with zero attached hydrogens (tertiary/aromatic N) is 2. The van der Waals surface area contributed by atoms with Gasteiger partial charge < -0.3 is 16.8 Å². The number of fused-ring (bicyclic) bond motifs is 1. The van der Waals surface area contributed by atoms with Crippen LogP contribution in [-0.2, 0) is 6.42 Å². The summed E-state index contributed by atoms with van der Waals surface area (Å²) in [7, 11) is 0. The molecule has 0 bridgehead atoms. The van der Waals surface area contributed by atoms with Crippen LogP contribution in [0.2, 0.25) is 0 Å². The lowest BCUT2D eigenvalue weighted by Gasteiger charge is -2.36.